The maximum Gasteiger partial charge on any atom is 0.337 e. The van der Waals surface area contributed by atoms with Crippen molar-refractivity contribution in [2.45, 2.75) is 0 Å². The number of aromatic nitrogens is 1. The molecule has 0 aliphatic rings. The van der Waals surface area contributed by atoms with E-state index >= 15 is 0 Å². The molecule has 9 heteroatoms. The number of benzene rings is 2. The molecule has 0 radical (unpaired) electrons. The van der Waals surface area contributed by atoms with Crippen LogP contribution >= 0.6 is 11.3 Å². The highest BCUT2D eigenvalue weighted by molar-refractivity contribution is 7.08. The maximum atomic E-state index is 12.8. The van der Waals surface area contributed by atoms with E-state index in [1.807, 2.05) is 35.8 Å². The van der Waals surface area contributed by atoms with Crippen molar-refractivity contribution in [1.82, 2.24) is 14.8 Å². The van der Waals surface area contributed by atoms with Crippen molar-refractivity contribution in [2.75, 3.05) is 41.3 Å². The number of rotatable bonds is 8. The number of esters is 1. The van der Waals surface area contributed by atoms with Crippen molar-refractivity contribution in [3.8, 4) is 5.88 Å². The van der Waals surface area contributed by atoms with E-state index in [2.05, 4.69) is 4.98 Å². The van der Waals surface area contributed by atoms with Crippen LogP contribution in [-0.2, 0) is 4.74 Å². The monoisotopic (exact) mass is 504 g/mol. The Morgan fingerprint density at radius 1 is 1.00 bits per heavy atom. The van der Waals surface area contributed by atoms with Gasteiger partial charge in [-0.15, -0.1) is 0 Å². The Hall–Kier alpha value is -3.95. The summed E-state index contributed by atoms with van der Waals surface area (Å²) < 4.78 is 4.81. The van der Waals surface area contributed by atoms with Crippen LogP contribution in [0.5, 0.6) is 5.88 Å². The number of carbonyl (C=O) groups excluding carboxylic acids is 2. The molecule has 4 aromatic rings. The summed E-state index contributed by atoms with van der Waals surface area (Å²) in [5, 5.41) is 15.5. The summed E-state index contributed by atoms with van der Waals surface area (Å²) in [7, 11) is 7.06. The summed E-state index contributed by atoms with van der Waals surface area (Å²) in [4.78, 5) is 36.2. The van der Waals surface area contributed by atoms with Gasteiger partial charge in [-0.05, 0) is 61.9 Å². The summed E-state index contributed by atoms with van der Waals surface area (Å²) in [6.07, 6.45) is 0. The Morgan fingerprint density at radius 2 is 1.72 bits per heavy atom. The Balaban J connectivity index is 1.71. The molecule has 0 atom stereocenters. The zero-order valence-corrected chi connectivity index (χ0v) is 21.4. The molecule has 0 spiro atoms. The first kappa shape index (κ1) is 25.2. The van der Waals surface area contributed by atoms with E-state index in [-0.39, 0.29) is 11.8 Å². The third-order valence-electron chi connectivity index (χ3n) is 5.82. The van der Waals surface area contributed by atoms with Crippen LogP contribution in [0.4, 0.5) is 5.69 Å². The molecule has 8 nitrogen and oxygen atoms in total. The molecule has 0 saturated heterocycles. The van der Waals surface area contributed by atoms with Gasteiger partial charge in [0.2, 0.25) is 0 Å². The lowest BCUT2D eigenvalue weighted by atomic mass is 10.0. The van der Waals surface area contributed by atoms with E-state index in [1.165, 1.54) is 18.4 Å². The van der Waals surface area contributed by atoms with E-state index in [0.29, 0.717) is 40.2 Å². The molecule has 0 bridgehead atoms. The fourth-order valence-electron chi connectivity index (χ4n) is 3.81. The molecule has 0 unspecified atom stereocenters. The minimum absolute atomic E-state index is 0.0497. The summed E-state index contributed by atoms with van der Waals surface area (Å²) >= 11 is 1.52. The number of nitrogens with zero attached hydrogens (tertiary/aromatic N) is 3. The Labute approximate surface area is 213 Å². The van der Waals surface area contributed by atoms with E-state index in [1.54, 1.807) is 54.4 Å². The normalized spacial score (nSPS) is 11.8. The SMILES string of the molecule is COC(=O)c1ccc2c(C(=Nc3ccc(C(=O)N(C)CCN(C)C)cc3)c3ccsc3)c(O)[nH]c2c1. The second-order valence-corrected chi connectivity index (χ2v) is 9.43. The average Bonchev–Trinajstić information content (AvgIpc) is 3.52. The molecule has 0 aliphatic carbocycles. The number of carbonyl (C=O) groups is 2. The van der Waals surface area contributed by atoms with Crippen LogP contribution < -0.4 is 0 Å². The predicted octanol–water partition coefficient (Wildman–Crippen LogP) is 4.52. The van der Waals surface area contributed by atoms with Crippen LogP contribution in [0.1, 0.15) is 31.8 Å². The minimum atomic E-state index is -0.457. The van der Waals surface area contributed by atoms with Gasteiger partial charge in [0.15, 0.2) is 5.88 Å². The van der Waals surface area contributed by atoms with Gasteiger partial charge >= 0.3 is 5.97 Å². The first-order valence-corrected chi connectivity index (χ1v) is 12.3. The first-order valence-electron chi connectivity index (χ1n) is 11.3. The van der Waals surface area contributed by atoms with Crippen LogP contribution in [0.3, 0.4) is 0 Å². The molecule has 1 amide bonds. The number of aromatic amines is 1. The van der Waals surface area contributed by atoms with Gasteiger partial charge in [-0.3, -0.25) is 4.79 Å². The standard InChI is InChI=1S/C27H28N4O4S/c1-30(2)12-13-31(3)26(33)17-5-8-20(9-6-17)28-24(19-11-14-36-16-19)23-21-10-7-18(27(34)35-4)15-22(21)29-25(23)32/h5-11,14-16,29,32H,12-13H2,1-4H3. The zero-order chi connectivity index (χ0) is 25.8. The number of amides is 1. The Morgan fingerprint density at radius 3 is 2.36 bits per heavy atom. The fraction of sp³-hybridized carbons (Fsp3) is 0.222. The number of fused-ring (bicyclic) bond motifs is 1. The molecule has 0 aliphatic heterocycles. The van der Waals surface area contributed by atoms with Crippen molar-refractivity contribution >= 4 is 45.5 Å². The van der Waals surface area contributed by atoms with Crippen LogP contribution in [-0.4, -0.2) is 78.8 Å². The summed E-state index contributed by atoms with van der Waals surface area (Å²) in [6, 6.07) is 14.1. The van der Waals surface area contributed by atoms with Crippen LogP contribution in [0.2, 0.25) is 0 Å². The molecule has 0 fully saturated rings. The maximum absolute atomic E-state index is 12.8. The fourth-order valence-corrected chi connectivity index (χ4v) is 4.45. The second-order valence-electron chi connectivity index (χ2n) is 8.65. The number of hydrogen-bond donors (Lipinski definition) is 2. The first-order chi connectivity index (χ1) is 17.3. The lowest BCUT2D eigenvalue weighted by molar-refractivity contribution is 0.0600. The van der Waals surface area contributed by atoms with Gasteiger partial charge in [-0.25, -0.2) is 9.79 Å². The van der Waals surface area contributed by atoms with E-state index in [0.717, 1.165) is 17.5 Å². The molecular weight excluding hydrogens is 476 g/mol. The highest BCUT2D eigenvalue weighted by Gasteiger charge is 2.20. The number of ether oxygens (including phenoxy) is 1. The van der Waals surface area contributed by atoms with E-state index in [4.69, 9.17) is 9.73 Å². The summed E-state index contributed by atoms with van der Waals surface area (Å²) in [5.74, 6) is -0.561. The largest absolute Gasteiger partial charge is 0.494 e. The van der Waals surface area contributed by atoms with E-state index < -0.39 is 5.97 Å². The van der Waals surface area contributed by atoms with Gasteiger partial charge in [0.25, 0.3) is 5.91 Å². The number of hydrogen-bond acceptors (Lipinski definition) is 7. The average molecular weight is 505 g/mol. The molecule has 2 N–H and O–H groups in total. The molecule has 36 heavy (non-hydrogen) atoms. The Kier molecular flexibility index (Phi) is 7.52. The van der Waals surface area contributed by atoms with Crippen molar-refractivity contribution in [2.24, 2.45) is 4.99 Å². The molecular formula is C27H28N4O4S. The highest BCUT2D eigenvalue weighted by atomic mass is 32.1. The number of aromatic hydroxyl groups is 1. The molecule has 2 heterocycles. The van der Waals surface area contributed by atoms with E-state index in [9.17, 15) is 14.7 Å². The predicted molar refractivity (Wildman–Crippen MR) is 143 cm³/mol. The third-order valence-corrected chi connectivity index (χ3v) is 6.50. The molecule has 2 aromatic carbocycles. The van der Waals surface area contributed by atoms with Crippen LogP contribution in [0.15, 0.2) is 64.3 Å². The Bertz CT molecular complexity index is 1410. The smallest absolute Gasteiger partial charge is 0.337 e. The molecule has 4 rings (SSSR count). The number of aliphatic imine (C=N–C) groups is 1. The van der Waals surface area contributed by atoms with Crippen LogP contribution in [0, 0.1) is 0 Å². The van der Waals surface area contributed by atoms with Gasteiger partial charge < -0.3 is 24.6 Å². The number of likely N-dealkylation sites (N-methyl/N-ethyl adjacent to an activating group) is 2. The quantitative estimate of drug-likeness (QED) is 0.272. The van der Waals surface area contributed by atoms with Gasteiger partial charge in [0, 0.05) is 47.5 Å². The zero-order valence-electron chi connectivity index (χ0n) is 20.6. The van der Waals surface area contributed by atoms with Gasteiger partial charge in [-0.2, -0.15) is 11.3 Å². The van der Waals surface area contributed by atoms with Gasteiger partial charge in [0.1, 0.15) is 0 Å². The topological polar surface area (TPSA) is 98.2 Å². The van der Waals surface area contributed by atoms with Crippen molar-refractivity contribution in [3.63, 3.8) is 0 Å². The summed E-state index contributed by atoms with van der Waals surface area (Å²) in [6.45, 7) is 1.41. The highest BCUT2D eigenvalue weighted by Crippen LogP contribution is 2.32. The minimum Gasteiger partial charge on any atom is -0.494 e. The summed E-state index contributed by atoms with van der Waals surface area (Å²) in [5.41, 5.74) is 4.15. The number of thiophene rings is 1. The second kappa shape index (κ2) is 10.8. The third kappa shape index (κ3) is 5.32. The lowest BCUT2D eigenvalue weighted by Gasteiger charge is -2.19. The van der Waals surface area contributed by atoms with Gasteiger partial charge in [-0.1, -0.05) is 6.07 Å². The lowest BCUT2D eigenvalue weighted by Crippen LogP contribution is -2.33. The molecule has 0 saturated carbocycles. The molecule has 186 valence electrons. The van der Waals surface area contributed by atoms with Crippen molar-refractivity contribution in [3.05, 3.63) is 81.5 Å². The van der Waals surface area contributed by atoms with Crippen molar-refractivity contribution in [1.29, 1.82) is 0 Å². The number of nitrogens with one attached hydrogen (secondary N) is 1. The van der Waals surface area contributed by atoms with Gasteiger partial charge in [0.05, 0.1) is 29.6 Å². The van der Waals surface area contributed by atoms with Crippen LogP contribution in [0.25, 0.3) is 10.9 Å². The van der Waals surface area contributed by atoms with Crippen molar-refractivity contribution < 1.29 is 19.4 Å². The number of methoxy groups -OCH3 is 1. The number of H-pyrrole nitrogens is 1. The molecule has 2 aromatic heterocycles.